The second-order valence-corrected chi connectivity index (χ2v) is 4.66. The Morgan fingerprint density at radius 1 is 1.10 bits per heavy atom. The van der Waals surface area contributed by atoms with Crippen LogP contribution in [0, 0.1) is 0 Å². The maximum Gasteiger partial charge on any atom is 0.273 e. The molecule has 2 N–H and O–H groups in total. The topological polar surface area (TPSA) is 52.6 Å². The largest absolute Gasteiger partial charge is 0.392 e. The summed E-state index contributed by atoms with van der Waals surface area (Å²) < 4.78 is 0. The number of aliphatic hydroxyl groups excluding tert-OH is 1. The summed E-state index contributed by atoms with van der Waals surface area (Å²) in [5.41, 5.74) is 1.77. The first-order chi connectivity index (χ1) is 9.65. The van der Waals surface area contributed by atoms with E-state index in [0.717, 1.165) is 5.56 Å². The fraction of sp³-hybridized carbons (Fsp3) is 0.0714. The summed E-state index contributed by atoms with van der Waals surface area (Å²) in [6.45, 7) is -0.0558. The third kappa shape index (κ3) is 3.29. The molecule has 6 heteroatoms. The predicted octanol–water partition coefficient (Wildman–Crippen LogP) is 3.14. The Balaban J connectivity index is 2.26. The molecule has 0 saturated carbocycles. The monoisotopic (exact) mass is 310 g/mol. The maximum absolute atomic E-state index is 12.3. The molecule has 0 aliphatic heterocycles. The molecule has 0 fully saturated rings. The van der Waals surface area contributed by atoms with Crippen molar-refractivity contribution in [2.24, 2.45) is 0 Å². The average molecular weight is 311 g/mol. The van der Waals surface area contributed by atoms with Crippen LogP contribution in [0.4, 0.5) is 5.69 Å². The molecule has 0 aromatic heterocycles. The molecule has 2 rings (SSSR count). The molecule has 104 valence electrons. The summed E-state index contributed by atoms with van der Waals surface area (Å²) in [7, 11) is 0. The number of hydrogen-bond donors (Lipinski definition) is 2. The van der Waals surface area contributed by atoms with E-state index in [9.17, 15) is 4.79 Å². The molecule has 0 bridgehead atoms. The molecule has 0 saturated heterocycles. The van der Waals surface area contributed by atoms with Crippen LogP contribution in [0.5, 0.6) is 0 Å². The molecular formula is C14H12Cl2N2O2. The molecule has 0 aliphatic rings. The van der Waals surface area contributed by atoms with Gasteiger partial charge in [-0.3, -0.25) is 4.79 Å². The van der Waals surface area contributed by atoms with Crippen LogP contribution in [-0.4, -0.2) is 11.0 Å². The fourth-order valence-electron chi connectivity index (χ4n) is 1.68. The van der Waals surface area contributed by atoms with Gasteiger partial charge in [-0.2, -0.15) is 0 Å². The first-order valence-electron chi connectivity index (χ1n) is 5.82. The number of carbonyl (C=O) groups excluding carboxylic acids is 1. The van der Waals surface area contributed by atoms with E-state index in [4.69, 9.17) is 28.5 Å². The molecule has 2 aromatic carbocycles. The van der Waals surface area contributed by atoms with Crippen LogP contribution >= 0.6 is 23.4 Å². The summed E-state index contributed by atoms with van der Waals surface area (Å²) >= 11 is 11.4. The van der Waals surface area contributed by atoms with Gasteiger partial charge in [-0.15, -0.1) is 4.94 Å². The smallest absolute Gasteiger partial charge is 0.273 e. The molecule has 0 aliphatic carbocycles. The number of rotatable bonds is 4. The number of carbonyl (C=O) groups is 1. The molecular weight excluding hydrogens is 299 g/mol. The first-order valence-corrected chi connectivity index (χ1v) is 6.57. The van der Waals surface area contributed by atoms with E-state index < -0.39 is 0 Å². The van der Waals surface area contributed by atoms with Crippen molar-refractivity contribution in [2.45, 2.75) is 6.61 Å². The summed E-state index contributed by atoms with van der Waals surface area (Å²) in [4.78, 5) is 14.7. The Morgan fingerprint density at radius 3 is 2.20 bits per heavy atom. The third-order valence-corrected chi connectivity index (χ3v) is 3.18. The molecule has 4 nitrogen and oxygen atoms in total. The lowest BCUT2D eigenvalue weighted by Gasteiger charge is -2.20. The SMILES string of the molecule is O=C(c1ccc(Cl)cc1)N(NCl)c1ccc(CO)cc1. The van der Waals surface area contributed by atoms with E-state index >= 15 is 0 Å². The number of amides is 1. The van der Waals surface area contributed by atoms with Crippen LogP contribution in [0.1, 0.15) is 15.9 Å². The maximum atomic E-state index is 12.3. The van der Waals surface area contributed by atoms with Crippen molar-refractivity contribution in [3.05, 3.63) is 64.7 Å². The number of nitrogens with one attached hydrogen (secondary N) is 1. The zero-order valence-electron chi connectivity index (χ0n) is 10.4. The zero-order valence-corrected chi connectivity index (χ0v) is 11.9. The second kappa shape index (κ2) is 6.72. The Morgan fingerprint density at radius 2 is 1.70 bits per heavy atom. The summed E-state index contributed by atoms with van der Waals surface area (Å²) in [6.07, 6.45) is 0. The second-order valence-electron chi connectivity index (χ2n) is 4.06. The lowest BCUT2D eigenvalue weighted by molar-refractivity contribution is 0.0982. The lowest BCUT2D eigenvalue weighted by Crippen LogP contribution is -2.37. The van der Waals surface area contributed by atoms with Crippen molar-refractivity contribution in [2.75, 3.05) is 5.01 Å². The van der Waals surface area contributed by atoms with Gasteiger partial charge in [0, 0.05) is 10.6 Å². The van der Waals surface area contributed by atoms with Gasteiger partial charge in [-0.05, 0) is 53.7 Å². The number of hydrazine groups is 1. The van der Waals surface area contributed by atoms with E-state index in [2.05, 4.69) is 4.94 Å². The standard InChI is InChI=1S/C14H12Cl2N2O2/c15-12-5-3-11(4-6-12)14(20)18(17-16)13-7-1-10(9-19)2-8-13/h1-8,17,19H,9H2. The van der Waals surface area contributed by atoms with Crippen LogP contribution in [0.2, 0.25) is 5.02 Å². The Bertz CT molecular complexity index is 585. The van der Waals surface area contributed by atoms with Crippen molar-refractivity contribution in [1.82, 2.24) is 4.94 Å². The fourth-order valence-corrected chi connectivity index (χ4v) is 1.98. The van der Waals surface area contributed by atoms with Crippen LogP contribution in [-0.2, 0) is 6.61 Å². The van der Waals surface area contributed by atoms with Gasteiger partial charge in [-0.1, -0.05) is 23.7 Å². The Hall–Kier alpha value is -1.59. The molecule has 1 amide bonds. The van der Waals surface area contributed by atoms with E-state index in [1.54, 1.807) is 48.5 Å². The van der Waals surface area contributed by atoms with Crippen molar-refractivity contribution in [3.8, 4) is 0 Å². The van der Waals surface area contributed by atoms with E-state index in [-0.39, 0.29) is 12.5 Å². The van der Waals surface area contributed by atoms with Crippen LogP contribution in [0.3, 0.4) is 0 Å². The summed E-state index contributed by atoms with van der Waals surface area (Å²) in [5.74, 6) is -0.312. The minimum absolute atomic E-state index is 0.0558. The predicted molar refractivity (Wildman–Crippen MR) is 79.6 cm³/mol. The molecule has 0 radical (unpaired) electrons. The molecule has 2 aromatic rings. The van der Waals surface area contributed by atoms with Crippen molar-refractivity contribution in [3.63, 3.8) is 0 Å². The van der Waals surface area contributed by atoms with E-state index in [1.165, 1.54) is 5.01 Å². The molecule has 20 heavy (non-hydrogen) atoms. The van der Waals surface area contributed by atoms with Gasteiger partial charge in [0.1, 0.15) is 0 Å². The van der Waals surface area contributed by atoms with Crippen molar-refractivity contribution in [1.29, 1.82) is 0 Å². The number of anilines is 1. The number of nitrogens with zero attached hydrogens (tertiary/aromatic N) is 1. The molecule has 0 atom stereocenters. The highest BCUT2D eigenvalue weighted by Crippen LogP contribution is 2.18. The lowest BCUT2D eigenvalue weighted by atomic mass is 10.2. The van der Waals surface area contributed by atoms with Gasteiger partial charge in [0.05, 0.1) is 12.3 Å². The van der Waals surface area contributed by atoms with Gasteiger partial charge in [0.15, 0.2) is 0 Å². The molecule has 0 unspecified atom stereocenters. The van der Waals surface area contributed by atoms with Crippen LogP contribution in [0.15, 0.2) is 48.5 Å². The zero-order chi connectivity index (χ0) is 14.5. The van der Waals surface area contributed by atoms with Crippen LogP contribution in [0.25, 0.3) is 0 Å². The van der Waals surface area contributed by atoms with Gasteiger partial charge in [-0.25, -0.2) is 5.01 Å². The minimum atomic E-state index is -0.312. The molecule has 0 spiro atoms. The third-order valence-electron chi connectivity index (χ3n) is 2.76. The normalized spacial score (nSPS) is 10.3. The quantitative estimate of drug-likeness (QED) is 0.674. The van der Waals surface area contributed by atoms with Gasteiger partial charge in [0.2, 0.25) is 0 Å². The van der Waals surface area contributed by atoms with Crippen LogP contribution < -0.4 is 9.95 Å². The highest BCUT2D eigenvalue weighted by atomic mass is 35.5. The van der Waals surface area contributed by atoms with Gasteiger partial charge in [0.25, 0.3) is 5.91 Å². The van der Waals surface area contributed by atoms with Gasteiger partial charge < -0.3 is 5.11 Å². The molecule has 0 heterocycles. The Labute approximate surface area is 126 Å². The van der Waals surface area contributed by atoms with Crippen molar-refractivity contribution >= 4 is 35.0 Å². The van der Waals surface area contributed by atoms with E-state index in [0.29, 0.717) is 16.3 Å². The average Bonchev–Trinajstić information content (AvgIpc) is 2.49. The van der Waals surface area contributed by atoms with Gasteiger partial charge >= 0.3 is 0 Å². The Kier molecular flexibility index (Phi) is 4.98. The highest BCUT2D eigenvalue weighted by Gasteiger charge is 2.17. The number of halogens is 2. The highest BCUT2D eigenvalue weighted by molar-refractivity contribution is 6.30. The number of benzene rings is 2. The van der Waals surface area contributed by atoms with E-state index in [1.807, 2.05) is 0 Å². The van der Waals surface area contributed by atoms with Crippen molar-refractivity contribution < 1.29 is 9.90 Å². The number of aliphatic hydroxyl groups is 1. The summed E-state index contributed by atoms with van der Waals surface area (Å²) in [5, 5.41) is 10.8. The first kappa shape index (κ1) is 14.8. The minimum Gasteiger partial charge on any atom is -0.392 e. The summed E-state index contributed by atoms with van der Waals surface area (Å²) in [6, 6.07) is 13.3. The number of hydrogen-bond acceptors (Lipinski definition) is 3.